The van der Waals surface area contributed by atoms with Crippen LogP contribution in [0.4, 0.5) is 0 Å². The summed E-state index contributed by atoms with van der Waals surface area (Å²) < 4.78 is 9.97. The number of benzene rings is 1. The summed E-state index contributed by atoms with van der Waals surface area (Å²) in [6.45, 7) is 0.107. The number of rotatable bonds is 11. The number of esters is 2. The number of nitrogens with zero attached hydrogens (tertiary/aromatic N) is 1. The molecule has 182 valence electrons. The normalized spacial score (nSPS) is 20.0. The largest absolute Gasteiger partial charge is 0.473 e. The van der Waals surface area contributed by atoms with E-state index in [-0.39, 0.29) is 26.1 Å². The Morgan fingerprint density at radius 1 is 1.24 bits per heavy atom. The maximum absolute atomic E-state index is 12.9. The summed E-state index contributed by atoms with van der Waals surface area (Å²) in [6, 6.07) is 8.95. The lowest BCUT2D eigenvalue weighted by atomic mass is 9.92. The fourth-order valence-corrected chi connectivity index (χ4v) is 3.47. The van der Waals surface area contributed by atoms with Crippen molar-refractivity contribution in [3.05, 3.63) is 35.9 Å². The lowest BCUT2D eigenvalue weighted by Gasteiger charge is -2.27. The molecule has 0 saturated carbocycles. The van der Waals surface area contributed by atoms with Crippen LogP contribution in [0.2, 0.25) is 0 Å². The summed E-state index contributed by atoms with van der Waals surface area (Å²) >= 11 is 3.28. The number of alkyl halides is 1. The van der Waals surface area contributed by atoms with Crippen LogP contribution >= 0.6 is 15.9 Å². The predicted molar refractivity (Wildman–Crippen MR) is 117 cm³/mol. The summed E-state index contributed by atoms with van der Waals surface area (Å²) in [4.78, 5) is 52.3. The van der Waals surface area contributed by atoms with Gasteiger partial charge >= 0.3 is 17.9 Å². The highest BCUT2D eigenvalue weighted by Gasteiger charge is 2.44. The highest BCUT2D eigenvalue weighted by atomic mass is 79.9. The van der Waals surface area contributed by atoms with Gasteiger partial charge in [-0.25, -0.2) is 14.4 Å². The zero-order chi connectivity index (χ0) is 24.4. The van der Waals surface area contributed by atoms with Crippen LogP contribution in [0.5, 0.6) is 0 Å². The SMILES string of the molecule is NCCCC[C@](N)(C(=O)NCN1OC(OC(=O)C(=O)O)CC1Br)C(=O)OCc1ccccc1. The molecule has 3 atom stereocenters. The third-order valence-corrected chi connectivity index (χ3v) is 5.60. The minimum Gasteiger partial charge on any atom is -0.473 e. The first-order valence-corrected chi connectivity index (χ1v) is 11.1. The van der Waals surface area contributed by atoms with Gasteiger partial charge in [0.15, 0.2) is 5.54 Å². The van der Waals surface area contributed by atoms with Crippen LogP contribution in [0.3, 0.4) is 0 Å². The number of carbonyl (C=O) groups is 4. The second-order valence-corrected chi connectivity index (χ2v) is 8.33. The monoisotopic (exact) mass is 530 g/mol. The van der Waals surface area contributed by atoms with Crippen LogP contribution in [0.1, 0.15) is 31.2 Å². The quantitative estimate of drug-likeness (QED) is 0.0749. The van der Waals surface area contributed by atoms with E-state index in [0.717, 1.165) is 5.56 Å². The fourth-order valence-electron chi connectivity index (χ4n) is 2.93. The molecule has 1 aliphatic rings. The molecule has 1 aromatic rings. The van der Waals surface area contributed by atoms with Crippen LogP contribution in [-0.2, 0) is 40.1 Å². The van der Waals surface area contributed by atoms with Gasteiger partial charge in [-0.3, -0.25) is 9.63 Å². The number of hydrogen-bond donors (Lipinski definition) is 4. The van der Waals surface area contributed by atoms with Crippen LogP contribution in [-0.4, -0.2) is 64.0 Å². The van der Waals surface area contributed by atoms with Crippen molar-refractivity contribution in [2.45, 2.75) is 49.1 Å². The van der Waals surface area contributed by atoms with Crippen molar-refractivity contribution in [3.8, 4) is 0 Å². The molecule has 0 aromatic heterocycles. The van der Waals surface area contributed by atoms with E-state index < -0.39 is 40.6 Å². The molecule has 1 fully saturated rings. The second kappa shape index (κ2) is 12.6. The molecule has 6 N–H and O–H groups in total. The van der Waals surface area contributed by atoms with Gasteiger partial charge in [-0.15, -0.1) is 0 Å². The van der Waals surface area contributed by atoms with Crippen molar-refractivity contribution in [1.29, 1.82) is 0 Å². The zero-order valence-corrected chi connectivity index (χ0v) is 19.4. The Labute approximate surface area is 198 Å². The van der Waals surface area contributed by atoms with Gasteiger partial charge in [0.05, 0.1) is 11.6 Å². The molecular formula is C20H27BrN4O8. The number of unbranched alkanes of at least 4 members (excludes halogenated alkanes) is 1. The molecule has 1 amide bonds. The summed E-state index contributed by atoms with van der Waals surface area (Å²) in [5, 5.41) is 12.4. The van der Waals surface area contributed by atoms with E-state index in [2.05, 4.69) is 26.0 Å². The highest BCUT2D eigenvalue weighted by Crippen LogP contribution is 2.26. The van der Waals surface area contributed by atoms with Crippen molar-refractivity contribution in [2.24, 2.45) is 11.5 Å². The smallest absolute Gasteiger partial charge is 0.419 e. The number of carbonyl (C=O) groups excluding carboxylic acids is 3. The standard InChI is InChI=1S/C20H27BrN4O8/c21-14-10-15(32-17(28)16(26)27)33-25(14)12-24-18(29)20(23,8-4-5-9-22)19(30)31-11-13-6-2-1-3-7-13/h1-3,6-7,14-15H,4-5,8-12,22-23H2,(H,24,29)(H,26,27)/t14?,15?,20-/m0/s1. The zero-order valence-electron chi connectivity index (χ0n) is 17.8. The Hall–Kier alpha value is -2.58. The third-order valence-electron chi connectivity index (χ3n) is 4.77. The van der Waals surface area contributed by atoms with Crippen LogP contribution < -0.4 is 16.8 Å². The van der Waals surface area contributed by atoms with Crippen LogP contribution in [0, 0.1) is 0 Å². The highest BCUT2D eigenvalue weighted by molar-refractivity contribution is 9.09. The molecule has 0 spiro atoms. The number of hydroxylamine groups is 2. The average molecular weight is 531 g/mol. The summed E-state index contributed by atoms with van der Waals surface area (Å²) in [6.07, 6.45) is -0.0414. The van der Waals surface area contributed by atoms with E-state index in [1.165, 1.54) is 5.06 Å². The maximum Gasteiger partial charge on any atom is 0.419 e. The Balaban J connectivity index is 1.97. The first-order chi connectivity index (χ1) is 15.7. The number of carboxylic acids is 1. The van der Waals surface area contributed by atoms with Gasteiger partial charge in [0.25, 0.3) is 5.91 Å². The topological polar surface area (TPSA) is 184 Å². The minimum absolute atomic E-state index is 0.0150. The van der Waals surface area contributed by atoms with Gasteiger partial charge in [-0.1, -0.05) is 46.3 Å². The number of hydrogen-bond acceptors (Lipinski definition) is 10. The molecule has 1 saturated heterocycles. The molecule has 1 aliphatic heterocycles. The van der Waals surface area contributed by atoms with E-state index in [1.807, 2.05) is 6.07 Å². The van der Waals surface area contributed by atoms with Gasteiger partial charge in [-0.2, -0.15) is 5.06 Å². The lowest BCUT2D eigenvalue weighted by Crippen LogP contribution is -2.61. The van der Waals surface area contributed by atoms with Crippen molar-refractivity contribution in [2.75, 3.05) is 13.2 Å². The molecule has 13 heteroatoms. The van der Waals surface area contributed by atoms with E-state index >= 15 is 0 Å². The summed E-state index contributed by atoms with van der Waals surface area (Å²) in [7, 11) is 0. The molecule has 1 heterocycles. The van der Waals surface area contributed by atoms with Gasteiger partial charge in [0.2, 0.25) is 6.29 Å². The fraction of sp³-hybridized carbons (Fsp3) is 0.500. The molecule has 12 nitrogen and oxygen atoms in total. The number of halogens is 1. The molecular weight excluding hydrogens is 504 g/mol. The number of nitrogens with two attached hydrogens (primary N) is 2. The van der Waals surface area contributed by atoms with Crippen molar-refractivity contribution in [3.63, 3.8) is 0 Å². The number of ether oxygens (including phenoxy) is 2. The van der Waals surface area contributed by atoms with E-state index in [4.69, 9.17) is 26.1 Å². The average Bonchev–Trinajstić information content (AvgIpc) is 3.14. The van der Waals surface area contributed by atoms with Crippen molar-refractivity contribution >= 4 is 39.7 Å². The lowest BCUT2D eigenvalue weighted by molar-refractivity contribution is -0.234. The van der Waals surface area contributed by atoms with Gasteiger partial charge in [-0.05, 0) is 31.4 Å². The maximum atomic E-state index is 12.9. The second-order valence-electron chi connectivity index (χ2n) is 7.28. The molecule has 2 unspecified atom stereocenters. The Bertz CT molecular complexity index is 843. The van der Waals surface area contributed by atoms with E-state index in [0.29, 0.717) is 19.4 Å². The number of nitrogens with one attached hydrogen (secondary N) is 1. The molecule has 0 bridgehead atoms. The Morgan fingerprint density at radius 3 is 2.58 bits per heavy atom. The molecule has 0 aliphatic carbocycles. The number of amides is 1. The minimum atomic E-state index is -1.96. The van der Waals surface area contributed by atoms with Gasteiger partial charge in [0, 0.05) is 6.42 Å². The third kappa shape index (κ3) is 7.75. The first-order valence-electron chi connectivity index (χ1n) is 10.2. The van der Waals surface area contributed by atoms with Gasteiger partial charge in [0.1, 0.15) is 6.61 Å². The summed E-state index contributed by atoms with van der Waals surface area (Å²) in [5.74, 6) is -4.89. The predicted octanol–water partition coefficient (Wildman–Crippen LogP) is -0.0578. The molecule has 2 rings (SSSR count). The molecule has 0 radical (unpaired) electrons. The summed E-state index contributed by atoms with van der Waals surface area (Å²) in [5.41, 5.74) is 10.5. The van der Waals surface area contributed by atoms with Crippen molar-refractivity contribution in [1.82, 2.24) is 10.4 Å². The van der Waals surface area contributed by atoms with E-state index in [9.17, 15) is 19.2 Å². The Kier molecular flexibility index (Phi) is 10.2. The van der Waals surface area contributed by atoms with E-state index in [1.54, 1.807) is 24.3 Å². The van der Waals surface area contributed by atoms with Gasteiger partial charge < -0.3 is 31.4 Å². The Morgan fingerprint density at radius 2 is 1.94 bits per heavy atom. The number of aliphatic carboxylic acids is 1. The molecule has 1 aromatic carbocycles. The molecule has 33 heavy (non-hydrogen) atoms. The number of carboxylic acid groups (broad SMARTS) is 1. The van der Waals surface area contributed by atoms with Crippen molar-refractivity contribution < 1.29 is 38.6 Å². The van der Waals surface area contributed by atoms with Crippen LogP contribution in [0.15, 0.2) is 30.3 Å². The first kappa shape index (κ1) is 26.7. The van der Waals surface area contributed by atoms with Crippen LogP contribution in [0.25, 0.3) is 0 Å².